The Labute approximate surface area is 264 Å². The molecule has 3 unspecified atom stereocenters. The topological polar surface area (TPSA) is 153 Å². The molecule has 0 fully saturated rings. The van der Waals surface area contributed by atoms with Crippen LogP contribution in [0.5, 0.6) is 0 Å². The van der Waals surface area contributed by atoms with E-state index in [1.54, 1.807) is 30.3 Å². The van der Waals surface area contributed by atoms with Crippen LogP contribution in [0.3, 0.4) is 0 Å². The molecule has 2 aromatic carbocycles. The summed E-state index contributed by atoms with van der Waals surface area (Å²) in [6, 6.07) is 17.8. The number of carbonyl (C=O) groups is 1. The molecule has 0 radical (unpaired) electrons. The molecule has 0 saturated heterocycles. The fraction of sp³-hybridized carbons (Fsp3) is 0.606. The first-order valence-corrected chi connectivity index (χ1v) is 19.3. The Morgan fingerprint density at radius 3 is 1.89 bits per heavy atom. The maximum absolute atomic E-state index is 13.1. The lowest BCUT2D eigenvalue weighted by Gasteiger charge is -2.29. The number of benzene rings is 2. The predicted octanol–water partition coefficient (Wildman–Crippen LogP) is 5.82. The fourth-order valence-corrected chi connectivity index (χ4v) is 7.15. The molecule has 2 aromatic rings. The molecule has 0 aliphatic heterocycles. The van der Waals surface area contributed by atoms with Crippen molar-refractivity contribution in [1.29, 1.82) is 0 Å². The highest BCUT2D eigenvalue weighted by molar-refractivity contribution is 7.89. The van der Waals surface area contributed by atoms with Crippen LogP contribution in [0.2, 0.25) is 0 Å². The van der Waals surface area contributed by atoms with Gasteiger partial charge in [0.2, 0.25) is 10.0 Å². The molecule has 0 aliphatic carbocycles. The number of hydrogen-bond donors (Lipinski definition) is 5. The van der Waals surface area contributed by atoms with Crippen LogP contribution in [0.15, 0.2) is 60.7 Å². The largest absolute Gasteiger partial charge is 0.481 e. The maximum Gasteiger partial charge on any atom is 0.481 e. The highest BCUT2D eigenvalue weighted by atomic mass is 32.2. The summed E-state index contributed by atoms with van der Waals surface area (Å²) < 4.78 is 34.4. The van der Waals surface area contributed by atoms with Gasteiger partial charge in [0.25, 0.3) is 0 Å². The maximum atomic E-state index is 13.1. The fourth-order valence-electron chi connectivity index (χ4n) is 5.16. The number of sulfonamides is 1. The van der Waals surface area contributed by atoms with E-state index < -0.39 is 41.7 Å². The lowest BCUT2D eigenvalue weighted by molar-refractivity contribution is -0.135. The lowest BCUT2D eigenvalue weighted by Crippen LogP contribution is -2.52. The summed E-state index contributed by atoms with van der Waals surface area (Å²) in [5, 5.41) is 11.3. The zero-order valence-electron chi connectivity index (χ0n) is 26.1. The van der Waals surface area contributed by atoms with Gasteiger partial charge in [-0.1, -0.05) is 132 Å². The van der Waals surface area contributed by atoms with E-state index in [1.165, 1.54) is 24.8 Å². The Balaban J connectivity index is 2.05. The zero-order valence-corrected chi connectivity index (χ0v) is 27.8. The zero-order chi connectivity index (χ0) is 32.3. The van der Waals surface area contributed by atoms with Gasteiger partial charge in [0.05, 0.1) is 18.4 Å². The molecular formula is C33H53NO8PS+. The minimum Gasteiger partial charge on any atom is -0.388 e. The smallest absolute Gasteiger partial charge is 0.388 e. The van der Waals surface area contributed by atoms with Crippen LogP contribution in [-0.2, 0) is 32.6 Å². The van der Waals surface area contributed by atoms with E-state index in [1.807, 2.05) is 18.2 Å². The van der Waals surface area contributed by atoms with Crippen molar-refractivity contribution in [3.8, 4) is 0 Å². The number of carbonyl (C=O) groups excluding carboxylic acids is 1. The number of ether oxygens (including phenoxy) is 1. The Morgan fingerprint density at radius 2 is 1.30 bits per heavy atom. The van der Waals surface area contributed by atoms with Crippen molar-refractivity contribution in [1.82, 2.24) is 4.72 Å². The van der Waals surface area contributed by atoms with Crippen LogP contribution in [0.4, 0.5) is 0 Å². The molecule has 248 valence electrons. The third kappa shape index (κ3) is 16.0. The number of aryl methyl sites for hydroxylation is 1. The summed E-state index contributed by atoms with van der Waals surface area (Å²) in [6.45, 7) is 2.00. The van der Waals surface area contributed by atoms with Crippen molar-refractivity contribution in [2.45, 2.75) is 122 Å². The van der Waals surface area contributed by atoms with Crippen molar-refractivity contribution in [2.75, 3.05) is 5.75 Å². The minimum atomic E-state index is -5.04. The lowest BCUT2D eigenvalue weighted by atomic mass is 9.99. The second kappa shape index (κ2) is 21.1. The highest BCUT2D eigenvalue weighted by Gasteiger charge is 2.52. The first-order valence-electron chi connectivity index (χ1n) is 16.0. The molecule has 0 spiro atoms. The summed E-state index contributed by atoms with van der Waals surface area (Å²) in [5.41, 5.74) is 0.437. The van der Waals surface area contributed by atoms with Gasteiger partial charge in [-0.2, -0.15) is 14.7 Å². The minimum absolute atomic E-state index is 0.122. The molecule has 0 heterocycles. The van der Waals surface area contributed by atoms with Crippen LogP contribution in [-0.4, -0.2) is 57.7 Å². The standard InChI is InChI=1S/C33H53NO8PS/c1-2-3-4-5-6-7-10-19-26-44(40,41)34-30(25-18-9-8-13-20-28-21-14-11-15-22-28)31(35)32(33(36)43(37,38)39)42-27-29-23-16-12-17-24-29/h11-12,14-17,21-24,30-32,34-35,37-39H,2-10,13,18-20,25-27H2,1H3/q+1. The number of aliphatic hydroxyl groups excluding tert-OH is 1. The Hall–Kier alpha value is -1.75. The van der Waals surface area contributed by atoms with Crippen LogP contribution in [0.1, 0.15) is 102 Å². The summed E-state index contributed by atoms with van der Waals surface area (Å²) in [6.07, 6.45) is 8.68. The Bertz CT molecular complexity index is 1150. The SMILES string of the molecule is CCCCCCCCCCS(=O)(=O)NC(CCCCCCc1ccccc1)C(O)C(OCc1ccccc1)C(=O)[P+](O)(O)O. The first-order chi connectivity index (χ1) is 21.0. The third-order valence-electron chi connectivity index (χ3n) is 7.70. The van der Waals surface area contributed by atoms with Crippen molar-refractivity contribution in [2.24, 2.45) is 0 Å². The molecule has 0 amide bonds. The van der Waals surface area contributed by atoms with Gasteiger partial charge in [0.1, 0.15) is 6.10 Å². The van der Waals surface area contributed by atoms with E-state index in [9.17, 15) is 33.0 Å². The molecule has 3 atom stereocenters. The second-order valence-electron chi connectivity index (χ2n) is 11.6. The Kier molecular flexibility index (Phi) is 18.4. The number of rotatable bonds is 25. The van der Waals surface area contributed by atoms with Crippen LogP contribution in [0.25, 0.3) is 0 Å². The normalized spacial score (nSPS) is 14.3. The number of aliphatic hydroxyl groups is 1. The monoisotopic (exact) mass is 654 g/mol. The predicted molar refractivity (Wildman–Crippen MR) is 176 cm³/mol. The van der Waals surface area contributed by atoms with E-state index in [-0.39, 0.29) is 18.8 Å². The summed E-state index contributed by atoms with van der Waals surface area (Å²) >= 11 is 0. The molecule has 0 aromatic heterocycles. The van der Waals surface area contributed by atoms with Crippen LogP contribution >= 0.6 is 7.94 Å². The van der Waals surface area contributed by atoms with E-state index in [2.05, 4.69) is 23.8 Å². The highest BCUT2D eigenvalue weighted by Crippen LogP contribution is 2.47. The van der Waals surface area contributed by atoms with Crippen molar-refractivity contribution < 1.29 is 37.7 Å². The summed E-state index contributed by atoms with van der Waals surface area (Å²) in [7, 11) is -8.86. The van der Waals surface area contributed by atoms with Crippen LogP contribution < -0.4 is 4.72 Å². The molecule has 44 heavy (non-hydrogen) atoms. The quantitative estimate of drug-likeness (QED) is 0.0663. The van der Waals surface area contributed by atoms with Gasteiger partial charge in [0.15, 0.2) is 6.10 Å². The van der Waals surface area contributed by atoms with Crippen molar-refractivity contribution >= 4 is 23.5 Å². The van der Waals surface area contributed by atoms with Gasteiger partial charge in [-0.3, -0.25) is 0 Å². The molecule has 0 saturated carbocycles. The molecular weight excluding hydrogens is 601 g/mol. The molecule has 2 rings (SSSR count). The van der Waals surface area contributed by atoms with E-state index in [0.29, 0.717) is 18.4 Å². The molecule has 11 heteroatoms. The van der Waals surface area contributed by atoms with Crippen molar-refractivity contribution in [3.05, 3.63) is 71.8 Å². The van der Waals surface area contributed by atoms with Gasteiger partial charge in [-0.25, -0.2) is 17.9 Å². The third-order valence-corrected chi connectivity index (χ3v) is 10.0. The van der Waals surface area contributed by atoms with Gasteiger partial charge >= 0.3 is 13.5 Å². The van der Waals surface area contributed by atoms with Crippen molar-refractivity contribution in [3.63, 3.8) is 0 Å². The van der Waals surface area contributed by atoms with E-state index >= 15 is 0 Å². The number of nitrogens with one attached hydrogen (secondary N) is 1. The summed E-state index contributed by atoms with van der Waals surface area (Å²) in [4.78, 5) is 42.1. The molecule has 0 aliphatic rings. The average Bonchev–Trinajstić information content (AvgIpc) is 3.00. The molecule has 0 bridgehead atoms. The molecule has 9 nitrogen and oxygen atoms in total. The Morgan fingerprint density at radius 1 is 0.773 bits per heavy atom. The van der Waals surface area contributed by atoms with Gasteiger partial charge in [-0.15, -0.1) is 0 Å². The molecule has 5 N–H and O–H groups in total. The second-order valence-corrected chi connectivity index (χ2v) is 15.0. The van der Waals surface area contributed by atoms with Gasteiger partial charge < -0.3 is 9.84 Å². The van der Waals surface area contributed by atoms with E-state index in [4.69, 9.17) is 4.74 Å². The first kappa shape index (κ1) is 38.4. The number of unbranched alkanes of at least 4 members (excludes halogenated alkanes) is 10. The van der Waals surface area contributed by atoms with Gasteiger partial charge in [-0.05, 0) is 36.8 Å². The van der Waals surface area contributed by atoms with Crippen LogP contribution in [0, 0.1) is 0 Å². The number of hydrogen-bond acceptors (Lipinski definition) is 8. The average molecular weight is 655 g/mol. The summed E-state index contributed by atoms with van der Waals surface area (Å²) in [5.74, 6) is -0.122. The van der Waals surface area contributed by atoms with E-state index in [0.717, 1.165) is 51.4 Å². The van der Waals surface area contributed by atoms with Gasteiger partial charge in [0, 0.05) is 0 Å².